The van der Waals surface area contributed by atoms with Gasteiger partial charge in [0.25, 0.3) is 0 Å². The zero-order valence-corrected chi connectivity index (χ0v) is 21.6. The molecule has 1 amide bonds. The summed E-state index contributed by atoms with van der Waals surface area (Å²) in [6, 6.07) is 5.00. The van der Waals surface area contributed by atoms with Crippen LogP contribution in [-0.2, 0) is 20.9 Å². The third-order valence-corrected chi connectivity index (χ3v) is 7.61. The SMILES string of the molecule is COC(=O)c1cc2cc([C@H]3CC[C@@H](OC(=O)NC(C)C)C3)cnc2n1COCC[Si](C)(C)C. The molecule has 2 atom stereocenters. The van der Waals surface area contributed by atoms with Crippen LogP contribution >= 0.6 is 0 Å². The van der Waals surface area contributed by atoms with Crippen molar-refractivity contribution in [2.75, 3.05) is 13.7 Å². The molecular formula is C24H37N3O5Si. The molecule has 0 unspecified atom stereocenters. The lowest BCUT2D eigenvalue weighted by atomic mass is 9.99. The number of hydrogen-bond donors (Lipinski definition) is 1. The molecule has 2 heterocycles. The number of esters is 1. The number of nitrogens with one attached hydrogen (secondary N) is 1. The predicted octanol–water partition coefficient (Wildman–Crippen LogP) is 4.91. The monoisotopic (exact) mass is 475 g/mol. The number of fused-ring (bicyclic) bond motifs is 1. The number of carbonyl (C=O) groups excluding carboxylic acids is 2. The molecule has 1 aliphatic rings. The number of carbonyl (C=O) groups is 2. The van der Waals surface area contributed by atoms with E-state index in [1.165, 1.54) is 7.11 Å². The molecule has 1 fully saturated rings. The standard InChI is InChI=1S/C24H37N3O5Si/c1-16(2)26-24(29)32-20-8-7-17(12-20)19-11-18-13-21(23(28)30-3)27(22(18)25-14-19)15-31-9-10-33(4,5)6/h11,13-14,16-17,20H,7-10,12,15H2,1-6H3,(H,26,29)/t17-,20+/m0/s1. The van der Waals surface area contributed by atoms with E-state index in [1.807, 2.05) is 26.1 Å². The molecule has 0 spiro atoms. The molecule has 0 saturated heterocycles. The molecule has 182 valence electrons. The van der Waals surface area contributed by atoms with E-state index in [2.05, 4.69) is 36.0 Å². The van der Waals surface area contributed by atoms with Crippen LogP contribution in [0.3, 0.4) is 0 Å². The first kappa shape index (κ1) is 25.2. The van der Waals surface area contributed by atoms with Crippen molar-refractivity contribution >= 4 is 31.2 Å². The van der Waals surface area contributed by atoms with Crippen LogP contribution in [0.25, 0.3) is 11.0 Å². The third-order valence-electron chi connectivity index (χ3n) is 5.90. The number of methoxy groups -OCH3 is 1. The van der Waals surface area contributed by atoms with Gasteiger partial charge >= 0.3 is 12.1 Å². The highest BCUT2D eigenvalue weighted by Crippen LogP contribution is 2.37. The zero-order valence-electron chi connectivity index (χ0n) is 20.6. The van der Waals surface area contributed by atoms with Gasteiger partial charge in [-0.25, -0.2) is 14.6 Å². The van der Waals surface area contributed by atoms with Gasteiger partial charge in [-0.2, -0.15) is 0 Å². The lowest BCUT2D eigenvalue weighted by molar-refractivity contribution is 0.0545. The van der Waals surface area contributed by atoms with Crippen molar-refractivity contribution in [3.05, 3.63) is 29.6 Å². The molecule has 9 heteroatoms. The molecule has 3 rings (SSSR count). The maximum Gasteiger partial charge on any atom is 0.407 e. The molecule has 8 nitrogen and oxygen atoms in total. The van der Waals surface area contributed by atoms with Crippen molar-refractivity contribution in [3.63, 3.8) is 0 Å². The maximum absolute atomic E-state index is 12.4. The van der Waals surface area contributed by atoms with Crippen LogP contribution in [0.1, 0.15) is 55.1 Å². The third kappa shape index (κ3) is 6.80. The van der Waals surface area contributed by atoms with Crippen LogP contribution in [0.5, 0.6) is 0 Å². The van der Waals surface area contributed by atoms with Gasteiger partial charge in [-0.1, -0.05) is 19.6 Å². The van der Waals surface area contributed by atoms with Crippen LogP contribution < -0.4 is 5.32 Å². The Kier molecular flexibility index (Phi) is 8.17. The van der Waals surface area contributed by atoms with E-state index >= 15 is 0 Å². The van der Waals surface area contributed by atoms with E-state index in [0.717, 1.165) is 36.3 Å². The summed E-state index contributed by atoms with van der Waals surface area (Å²) in [5.74, 6) is -0.148. The van der Waals surface area contributed by atoms with Gasteiger partial charge in [0, 0.05) is 32.3 Å². The van der Waals surface area contributed by atoms with E-state index in [1.54, 1.807) is 4.57 Å². The van der Waals surface area contributed by atoms with Gasteiger partial charge in [-0.15, -0.1) is 0 Å². The quantitative estimate of drug-likeness (QED) is 0.315. The molecule has 2 aromatic rings. The number of ether oxygens (including phenoxy) is 3. The van der Waals surface area contributed by atoms with Crippen molar-refractivity contribution in [2.24, 2.45) is 0 Å². The minimum absolute atomic E-state index is 0.0499. The molecule has 1 N–H and O–H groups in total. The van der Waals surface area contributed by atoms with Crippen LogP contribution in [-0.4, -0.2) is 55.5 Å². The second kappa shape index (κ2) is 10.7. The highest BCUT2D eigenvalue weighted by molar-refractivity contribution is 6.76. The molecule has 0 aromatic carbocycles. The summed E-state index contributed by atoms with van der Waals surface area (Å²) >= 11 is 0. The fraction of sp³-hybridized carbons (Fsp3) is 0.625. The zero-order chi connectivity index (χ0) is 24.2. The highest BCUT2D eigenvalue weighted by atomic mass is 28.3. The topological polar surface area (TPSA) is 91.7 Å². The van der Waals surface area contributed by atoms with Crippen molar-refractivity contribution < 1.29 is 23.8 Å². The van der Waals surface area contributed by atoms with Crippen molar-refractivity contribution in [2.45, 2.75) is 83.6 Å². The maximum atomic E-state index is 12.4. The Bertz CT molecular complexity index is 982. The summed E-state index contributed by atoms with van der Waals surface area (Å²) in [7, 11) is 0.179. The smallest absolute Gasteiger partial charge is 0.407 e. The second-order valence-corrected chi connectivity index (χ2v) is 15.9. The molecule has 33 heavy (non-hydrogen) atoms. The van der Waals surface area contributed by atoms with Crippen LogP contribution in [0, 0.1) is 0 Å². The summed E-state index contributed by atoms with van der Waals surface area (Å²) in [6.45, 7) is 11.6. The number of amides is 1. The van der Waals surface area contributed by atoms with E-state index < -0.39 is 14.0 Å². The average molecular weight is 476 g/mol. The number of nitrogens with zero attached hydrogens (tertiary/aromatic N) is 2. The van der Waals surface area contributed by atoms with E-state index in [4.69, 9.17) is 14.2 Å². The number of rotatable bonds is 9. The first-order valence-corrected chi connectivity index (χ1v) is 15.4. The molecule has 0 aliphatic heterocycles. The Morgan fingerprint density at radius 2 is 2.00 bits per heavy atom. The number of alkyl carbamates (subject to hydrolysis) is 1. The Labute approximate surface area is 197 Å². The van der Waals surface area contributed by atoms with Crippen LogP contribution in [0.15, 0.2) is 18.3 Å². The van der Waals surface area contributed by atoms with Gasteiger partial charge < -0.3 is 19.5 Å². The first-order chi connectivity index (χ1) is 15.6. The summed E-state index contributed by atoms with van der Waals surface area (Å²) < 4.78 is 18.2. The van der Waals surface area contributed by atoms with Gasteiger partial charge in [0.05, 0.1) is 7.11 Å². The minimum atomic E-state index is -1.20. The summed E-state index contributed by atoms with van der Waals surface area (Å²) in [5.41, 5.74) is 2.23. The fourth-order valence-corrected chi connectivity index (χ4v) is 4.85. The van der Waals surface area contributed by atoms with Gasteiger partial charge in [-0.05, 0) is 62.8 Å². The molecule has 0 radical (unpaired) electrons. The highest BCUT2D eigenvalue weighted by Gasteiger charge is 2.29. The number of hydrogen-bond acceptors (Lipinski definition) is 6. The van der Waals surface area contributed by atoms with E-state index in [9.17, 15) is 9.59 Å². The van der Waals surface area contributed by atoms with Crippen LogP contribution in [0.2, 0.25) is 25.7 Å². The van der Waals surface area contributed by atoms with Gasteiger partial charge in [0.15, 0.2) is 0 Å². The Hall–Kier alpha value is -2.39. The largest absolute Gasteiger partial charge is 0.464 e. The van der Waals surface area contributed by atoms with Crippen molar-refractivity contribution in [3.8, 4) is 0 Å². The molecule has 1 aliphatic carbocycles. The van der Waals surface area contributed by atoms with E-state index in [-0.39, 0.29) is 30.9 Å². The van der Waals surface area contributed by atoms with Gasteiger partial charge in [0.1, 0.15) is 24.2 Å². The number of pyridine rings is 1. The Balaban J connectivity index is 1.73. The van der Waals surface area contributed by atoms with Crippen molar-refractivity contribution in [1.82, 2.24) is 14.9 Å². The predicted molar refractivity (Wildman–Crippen MR) is 130 cm³/mol. The summed E-state index contributed by atoms with van der Waals surface area (Å²) in [4.78, 5) is 29.0. The first-order valence-electron chi connectivity index (χ1n) is 11.7. The van der Waals surface area contributed by atoms with Gasteiger partial charge in [-0.3, -0.25) is 4.57 Å². The number of aromatic nitrogens is 2. The molecular weight excluding hydrogens is 438 g/mol. The fourth-order valence-electron chi connectivity index (χ4n) is 4.10. The van der Waals surface area contributed by atoms with Crippen molar-refractivity contribution in [1.29, 1.82) is 0 Å². The lowest BCUT2D eigenvalue weighted by Crippen LogP contribution is -2.33. The van der Waals surface area contributed by atoms with Gasteiger partial charge in [0.2, 0.25) is 0 Å². The summed E-state index contributed by atoms with van der Waals surface area (Å²) in [5, 5.41) is 3.65. The average Bonchev–Trinajstić information content (AvgIpc) is 3.33. The second-order valence-electron chi connectivity index (χ2n) is 10.3. The Morgan fingerprint density at radius 3 is 2.67 bits per heavy atom. The normalized spacial score (nSPS) is 18.6. The minimum Gasteiger partial charge on any atom is -0.464 e. The molecule has 1 saturated carbocycles. The van der Waals surface area contributed by atoms with Crippen LogP contribution in [0.4, 0.5) is 4.79 Å². The Morgan fingerprint density at radius 1 is 1.24 bits per heavy atom. The summed E-state index contributed by atoms with van der Waals surface area (Å²) in [6.07, 6.45) is 3.93. The molecule has 0 bridgehead atoms. The van der Waals surface area contributed by atoms with E-state index in [0.29, 0.717) is 17.9 Å². The lowest BCUT2D eigenvalue weighted by Gasteiger charge is -2.16. The molecule has 2 aromatic heterocycles.